The molecule has 0 bridgehead atoms. The molecule has 2 amide bonds. The van der Waals surface area contributed by atoms with Crippen LogP contribution >= 0.6 is 0 Å². The Morgan fingerprint density at radius 2 is 1.71 bits per heavy atom. The summed E-state index contributed by atoms with van der Waals surface area (Å²) in [4.78, 5) is 25.6. The summed E-state index contributed by atoms with van der Waals surface area (Å²) in [6.07, 6.45) is -8.39. The quantitative estimate of drug-likeness (QED) is 0.176. The first-order valence-corrected chi connectivity index (χ1v) is 13.0. The number of carboxylic acid groups (broad SMARTS) is 1. The Labute approximate surface area is 235 Å². The van der Waals surface area contributed by atoms with E-state index in [2.05, 4.69) is 5.32 Å². The minimum atomic E-state index is -5.63. The number of nitrogens with zero attached hydrogens (tertiary/aromatic N) is 1. The van der Waals surface area contributed by atoms with Crippen LogP contribution < -0.4 is 14.8 Å². The van der Waals surface area contributed by atoms with E-state index in [1.807, 2.05) is 6.92 Å². The Morgan fingerprint density at radius 1 is 1.02 bits per heavy atom. The summed E-state index contributed by atoms with van der Waals surface area (Å²) in [5, 5.41) is 11.9. The van der Waals surface area contributed by atoms with Crippen molar-refractivity contribution < 1.29 is 50.9 Å². The molecule has 2 N–H and O–H groups in total. The second-order valence-electron chi connectivity index (χ2n) is 9.26. The number of methoxy groups -OCH3 is 1. The Morgan fingerprint density at radius 3 is 2.29 bits per heavy atom. The molecule has 0 saturated heterocycles. The van der Waals surface area contributed by atoms with Gasteiger partial charge in [-0.15, -0.1) is 0 Å². The van der Waals surface area contributed by atoms with Gasteiger partial charge in [0, 0.05) is 26.0 Å². The molecule has 41 heavy (non-hydrogen) atoms. The van der Waals surface area contributed by atoms with Crippen molar-refractivity contribution in [1.29, 1.82) is 0 Å². The molecule has 0 saturated carbocycles. The summed E-state index contributed by atoms with van der Waals surface area (Å²) >= 11 is 0. The van der Waals surface area contributed by atoms with Gasteiger partial charge in [-0.1, -0.05) is 18.2 Å². The van der Waals surface area contributed by atoms with Crippen LogP contribution in [-0.2, 0) is 16.0 Å². The Bertz CT molecular complexity index is 1130. The SMILES string of the molecule is CCOC(Cc1ccc(OCCN(CCCCC(F)(F)C(F)(F)F)C(=O)Nc2cc(C)ccc2OC)cc1)C(=O)O. The van der Waals surface area contributed by atoms with Gasteiger partial charge in [-0.2, -0.15) is 22.0 Å². The Kier molecular flexibility index (Phi) is 12.6. The molecule has 2 rings (SSSR count). The van der Waals surface area contributed by atoms with Crippen molar-refractivity contribution in [2.24, 2.45) is 0 Å². The van der Waals surface area contributed by atoms with Crippen molar-refractivity contribution in [2.45, 2.75) is 57.7 Å². The van der Waals surface area contributed by atoms with Crippen molar-refractivity contribution >= 4 is 17.7 Å². The first-order chi connectivity index (χ1) is 19.3. The van der Waals surface area contributed by atoms with Crippen molar-refractivity contribution in [3.05, 3.63) is 53.6 Å². The molecule has 0 aliphatic rings. The average molecular weight is 591 g/mol. The van der Waals surface area contributed by atoms with Gasteiger partial charge in [0.15, 0.2) is 6.10 Å². The van der Waals surface area contributed by atoms with Gasteiger partial charge in [0.25, 0.3) is 0 Å². The van der Waals surface area contributed by atoms with Crippen molar-refractivity contribution in [3.8, 4) is 11.5 Å². The van der Waals surface area contributed by atoms with E-state index in [4.69, 9.17) is 14.2 Å². The highest BCUT2D eigenvalue weighted by molar-refractivity contribution is 5.91. The van der Waals surface area contributed by atoms with Crippen LogP contribution in [0.4, 0.5) is 32.4 Å². The molecule has 0 spiro atoms. The number of halogens is 5. The second kappa shape index (κ2) is 15.4. The van der Waals surface area contributed by atoms with Crippen LogP contribution in [0.3, 0.4) is 0 Å². The molecule has 0 aliphatic carbocycles. The lowest BCUT2D eigenvalue weighted by molar-refractivity contribution is -0.284. The molecular formula is C28H35F5N2O6. The highest BCUT2D eigenvalue weighted by atomic mass is 19.4. The summed E-state index contributed by atoms with van der Waals surface area (Å²) in [5.41, 5.74) is 1.92. The molecule has 0 aromatic heterocycles. The Hall–Kier alpha value is -3.61. The summed E-state index contributed by atoms with van der Waals surface area (Å²) < 4.78 is 80.3. The number of urea groups is 1. The lowest BCUT2D eigenvalue weighted by Crippen LogP contribution is -2.39. The molecule has 0 fully saturated rings. The number of carboxylic acids is 1. The molecular weight excluding hydrogens is 555 g/mol. The lowest BCUT2D eigenvalue weighted by atomic mass is 10.1. The topological polar surface area (TPSA) is 97.3 Å². The Balaban J connectivity index is 2.03. The molecule has 13 heteroatoms. The first-order valence-electron chi connectivity index (χ1n) is 13.0. The van der Waals surface area contributed by atoms with Gasteiger partial charge in [0.1, 0.15) is 18.1 Å². The number of alkyl halides is 5. The van der Waals surface area contributed by atoms with Crippen LogP contribution in [0.2, 0.25) is 0 Å². The van der Waals surface area contributed by atoms with Gasteiger partial charge < -0.3 is 29.5 Å². The molecule has 228 valence electrons. The average Bonchev–Trinajstić information content (AvgIpc) is 2.90. The van der Waals surface area contributed by atoms with Crippen LogP contribution in [0.15, 0.2) is 42.5 Å². The van der Waals surface area contributed by atoms with Gasteiger partial charge >= 0.3 is 24.1 Å². The number of carbonyl (C=O) groups is 2. The van der Waals surface area contributed by atoms with Crippen LogP contribution in [0.1, 0.15) is 37.3 Å². The van der Waals surface area contributed by atoms with E-state index in [1.165, 1.54) is 12.0 Å². The molecule has 8 nitrogen and oxygen atoms in total. The zero-order valence-electron chi connectivity index (χ0n) is 23.1. The van der Waals surface area contributed by atoms with Crippen LogP contribution in [0, 0.1) is 6.92 Å². The third-order valence-corrected chi connectivity index (χ3v) is 6.08. The normalized spacial score (nSPS) is 12.5. The van der Waals surface area contributed by atoms with E-state index in [-0.39, 0.29) is 39.1 Å². The summed E-state index contributed by atoms with van der Waals surface area (Å²) in [6, 6.07) is 11.1. The first kappa shape index (κ1) is 33.6. The van der Waals surface area contributed by atoms with Gasteiger partial charge in [0.05, 0.1) is 19.3 Å². The predicted octanol–water partition coefficient (Wildman–Crippen LogP) is 6.32. The molecule has 2 aromatic carbocycles. The highest BCUT2D eigenvalue weighted by Gasteiger charge is 2.56. The van der Waals surface area contributed by atoms with E-state index in [0.717, 1.165) is 5.56 Å². The standard InChI is InChI=1S/C28H35F5N2O6/c1-4-40-24(25(36)37)18-20-8-10-21(11-9-20)41-16-15-35(14-6-5-13-27(29,30)28(31,32)33)26(38)34-22-17-19(2)7-12-23(22)39-3/h7-12,17,24H,4-6,13-16,18H2,1-3H3,(H,34,38)(H,36,37). The largest absolute Gasteiger partial charge is 0.495 e. The number of hydrogen-bond donors (Lipinski definition) is 2. The van der Waals surface area contributed by atoms with Crippen molar-refractivity contribution in [2.75, 3.05) is 38.7 Å². The second-order valence-corrected chi connectivity index (χ2v) is 9.26. The smallest absolute Gasteiger partial charge is 0.453 e. The van der Waals surface area contributed by atoms with Crippen LogP contribution in [0.25, 0.3) is 0 Å². The van der Waals surface area contributed by atoms with E-state index < -0.39 is 43.0 Å². The van der Waals surface area contributed by atoms with Gasteiger partial charge in [-0.3, -0.25) is 0 Å². The summed E-state index contributed by atoms with van der Waals surface area (Å²) in [6.45, 7) is 3.67. The number of hydrogen-bond acceptors (Lipinski definition) is 5. The number of aliphatic carboxylic acids is 1. The number of anilines is 1. The number of ether oxygens (including phenoxy) is 3. The van der Waals surface area contributed by atoms with Crippen molar-refractivity contribution in [1.82, 2.24) is 4.90 Å². The molecule has 0 radical (unpaired) electrons. The minimum Gasteiger partial charge on any atom is -0.495 e. The molecule has 0 heterocycles. The fraction of sp³-hybridized carbons (Fsp3) is 0.500. The number of carbonyl (C=O) groups excluding carboxylic acids is 1. The third kappa shape index (κ3) is 10.7. The van der Waals surface area contributed by atoms with Crippen molar-refractivity contribution in [3.63, 3.8) is 0 Å². The fourth-order valence-electron chi connectivity index (χ4n) is 3.85. The number of amides is 2. The maximum Gasteiger partial charge on any atom is 0.453 e. The number of rotatable bonds is 16. The van der Waals surface area contributed by atoms with E-state index in [1.54, 1.807) is 49.4 Å². The number of aryl methyl sites for hydroxylation is 1. The number of unbranched alkanes of at least 4 members (excludes halogenated alkanes) is 1. The maximum absolute atomic E-state index is 13.3. The summed E-state index contributed by atoms with van der Waals surface area (Å²) in [7, 11) is 1.43. The van der Waals surface area contributed by atoms with Crippen LogP contribution in [0.5, 0.6) is 11.5 Å². The zero-order chi connectivity index (χ0) is 30.6. The summed E-state index contributed by atoms with van der Waals surface area (Å²) in [5.74, 6) is -5.06. The fourth-order valence-corrected chi connectivity index (χ4v) is 3.85. The van der Waals surface area contributed by atoms with E-state index in [0.29, 0.717) is 22.7 Å². The lowest BCUT2D eigenvalue weighted by Gasteiger charge is -2.25. The van der Waals surface area contributed by atoms with Gasteiger partial charge in [-0.05, 0) is 62.1 Å². The maximum atomic E-state index is 13.3. The molecule has 2 aromatic rings. The van der Waals surface area contributed by atoms with Gasteiger partial charge in [-0.25, -0.2) is 9.59 Å². The molecule has 1 atom stereocenters. The third-order valence-electron chi connectivity index (χ3n) is 6.08. The minimum absolute atomic E-state index is 0.00279. The number of nitrogens with one attached hydrogen (secondary N) is 1. The van der Waals surface area contributed by atoms with E-state index >= 15 is 0 Å². The predicted molar refractivity (Wildman–Crippen MR) is 142 cm³/mol. The monoisotopic (exact) mass is 590 g/mol. The number of benzene rings is 2. The molecule has 0 aliphatic heterocycles. The van der Waals surface area contributed by atoms with Gasteiger partial charge in [0.2, 0.25) is 0 Å². The zero-order valence-corrected chi connectivity index (χ0v) is 23.1. The van der Waals surface area contributed by atoms with Crippen LogP contribution in [-0.4, -0.2) is 73.6 Å². The highest BCUT2D eigenvalue weighted by Crippen LogP contribution is 2.39. The van der Waals surface area contributed by atoms with E-state index in [9.17, 15) is 36.6 Å². The molecule has 1 unspecified atom stereocenters.